The summed E-state index contributed by atoms with van der Waals surface area (Å²) in [5.41, 5.74) is 15.4. The molecule has 1 heteroatoms. The van der Waals surface area contributed by atoms with Crippen molar-refractivity contribution in [2.75, 3.05) is 0 Å². The quantitative estimate of drug-likeness (QED) is 0.209. The van der Waals surface area contributed by atoms with Crippen LogP contribution in [0.3, 0.4) is 0 Å². The second-order valence-corrected chi connectivity index (χ2v) is 28.6. The molecular formula is C56H90Ge. The Morgan fingerprint density at radius 1 is 0.316 bits per heavy atom. The Balaban J connectivity index is 1.96. The van der Waals surface area contributed by atoms with E-state index in [0.717, 1.165) is 0 Å². The van der Waals surface area contributed by atoms with Gasteiger partial charge in [0.2, 0.25) is 0 Å². The van der Waals surface area contributed by atoms with Crippen LogP contribution in [0.5, 0.6) is 0 Å². The number of rotatable bonds is 10. The van der Waals surface area contributed by atoms with E-state index in [0.29, 0.717) is 47.3 Å². The summed E-state index contributed by atoms with van der Waals surface area (Å²) in [5, 5.41) is 0. The molecule has 0 atom stereocenters. The van der Waals surface area contributed by atoms with Gasteiger partial charge < -0.3 is 0 Å². The molecule has 0 unspecified atom stereocenters. The van der Waals surface area contributed by atoms with Gasteiger partial charge in [0.25, 0.3) is 0 Å². The van der Waals surface area contributed by atoms with Gasteiger partial charge in [-0.15, -0.1) is 0 Å². The van der Waals surface area contributed by atoms with E-state index in [1.807, 2.05) is 31.0 Å². The first-order valence-corrected chi connectivity index (χ1v) is 26.1. The molecule has 2 aromatic carbocycles. The molecule has 0 aliphatic heterocycles. The average molecular weight is 836 g/mol. The Kier molecular flexibility index (Phi) is 11.0. The van der Waals surface area contributed by atoms with Gasteiger partial charge in [0.05, 0.1) is 0 Å². The van der Waals surface area contributed by atoms with Crippen LogP contribution < -0.4 is 8.79 Å². The fourth-order valence-electron chi connectivity index (χ4n) is 16.1. The van der Waals surface area contributed by atoms with Gasteiger partial charge in [0.1, 0.15) is 0 Å². The molecule has 0 saturated heterocycles. The van der Waals surface area contributed by atoms with Gasteiger partial charge in [-0.25, -0.2) is 0 Å². The maximum absolute atomic E-state index is 2.85. The summed E-state index contributed by atoms with van der Waals surface area (Å²) in [6, 6.07) is 5.70. The first-order chi connectivity index (χ1) is 25.8. The van der Waals surface area contributed by atoms with Crippen LogP contribution in [0.2, 0.25) is 0 Å². The van der Waals surface area contributed by atoms with Gasteiger partial charge in [0, 0.05) is 0 Å². The van der Waals surface area contributed by atoms with Crippen LogP contribution in [0.15, 0.2) is 12.1 Å². The van der Waals surface area contributed by atoms with Gasteiger partial charge in [-0.3, -0.25) is 0 Å². The van der Waals surface area contributed by atoms with Crippen molar-refractivity contribution in [2.24, 2.45) is 47.3 Å². The third kappa shape index (κ3) is 5.81. The average Bonchev–Trinajstić information content (AvgIpc) is 3.66. The predicted molar refractivity (Wildman–Crippen MR) is 254 cm³/mol. The Bertz CT molecular complexity index is 1600. The molecule has 0 nitrogen and oxygen atoms in total. The van der Waals surface area contributed by atoms with Crippen molar-refractivity contribution in [1.82, 2.24) is 0 Å². The minimum atomic E-state index is -0.832. The molecule has 4 aliphatic rings. The number of fused-ring (bicyclic) bond motifs is 4. The molecule has 0 spiro atoms. The fourth-order valence-corrected chi connectivity index (χ4v) is 20.7. The molecule has 6 rings (SSSR count). The van der Waals surface area contributed by atoms with Crippen molar-refractivity contribution >= 4 is 24.2 Å². The second kappa shape index (κ2) is 13.7. The molecule has 0 bridgehead atoms. The summed E-state index contributed by atoms with van der Waals surface area (Å²) in [7, 11) is 0. The zero-order chi connectivity index (χ0) is 43.3. The molecule has 57 heavy (non-hydrogen) atoms. The van der Waals surface area contributed by atoms with Gasteiger partial charge in [0.15, 0.2) is 0 Å². The van der Waals surface area contributed by atoms with Crippen molar-refractivity contribution in [3.8, 4) is 0 Å². The SMILES string of the molecule is CC(C)C1(C(C)C)CC(C)(C)c2cc3c([c]([Ge][c]4c5c(cc6c4C(C(C)C)(C(C)C)CC6(C)C)C(C)(C)CC5(C(C)C)C(C)C)c21)C(C(C)C)(C(C)C)CC3(C)C. The van der Waals surface area contributed by atoms with Gasteiger partial charge >= 0.3 is 363 Å². The number of benzene rings is 2. The van der Waals surface area contributed by atoms with Crippen molar-refractivity contribution in [3.05, 3.63) is 56.6 Å². The third-order valence-corrected chi connectivity index (χ3v) is 22.0. The van der Waals surface area contributed by atoms with Crippen LogP contribution in [0.4, 0.5) is 0 Å². The van der Waals surface area contributed by atoms with E-state index < -0.39 is 15.4 Å². The van der Waals surface area contributed by atoms with E-state index in [-0.39, 0.29) is 43.3 Å². The van der Waals surface area contributed by atoms with E-state index >= 15 is 0 Å². The Morgan fingerprint density at radius 3 is 0.614 bits per heavy atom. The third-order valence-electron chi connectivity index (χ3n) is 18.9. The molecule has 0 aromatic heterocycles. The standard InChI is InChI=1S/C56H90Ge/c1-31(2)53(32(3)4)27-49(17,18)39-25-40-44(54(33(5)6,34(7)8)28-50(40,19)20)47(43(39)53)57-48-45-41(51(21,22)29-55(45,35(9)10)36(11)12)26-42-46(48)56(37(13)14,38(15)16)30-52(42,23)24/h25-26,31-38H,27-30H2,1-24H3. The van der Waals surface area contributed by atoms with Crippen molar-refractivity contribution in [3.63, 3.8) is 0 Å². The molecule has 2 radical (unpaired) electrons. The van der Waals surface area contributed by atoms with E-state index in [1.54, 1.807) is 22.3 Å². The van der Waals surface area contributed by atoms with Crippen LogP contribution in [-0.2, 0) is 43.3 Å². The summed E-state index contributed by atoms with van der Waals surface area (Å²) < 4.78 is 3.83. The Labute approximate surface area is 361 Å². The van der Waals surface area contributed by atoms with Gasteiger partial charge in [-0.05, 0) is 0 Å². The summed E-state index contributed by atoms with van der Waals surface area (Å²) in [6.45, 7) is 62.6. The maximum atomic E-state index is 2.85. The van der Waals surface area contributed by atoms with E-state index in [9.17, 15) is 0 Å². The topological polar surface area (TPSA) is 0 Å². The monoisotopic (exact) mass is 837 g/mol. The van der Waals surface area contributed by atoms with Crippen molar-refractivity contribution < 1.29 is 0 Å². The van der Waals surface area contributed by atoms with Crippen LogP contribution in [0, 0.1) is 47.3 Å². The predicted octanol–water partition coefficient (Wildman–Crippen LogP) is 14.3. The molecule has 2 aromatic rings. The molecule has 318 valence electrons. The zero-order valence-corrected chi connectivity index (χ0v) is 44.2. The first-order valence-electron chi connectivity index (χ1n) is 24.0. The Hall–Kier alpha value is -1.02. The van der Waals surface area contributed by atoms with E-state index in [1.165, 1.54) is 25.7 Å². The second-order valence-electron chi connectivity index (χ2n) is 26.0. The molecular weight excluding hydrogens is 745 g/mol. The van der Waals surface area contributed by atoms with Crippen LogP contribution in [-0.4, -0.2) is 15.4 Å². The van der Waals surface area contributed by atoms with Crippen LogP contribution in [0.1, 0.15) is 236 Å². The first kappa shape index (κ1) is 45.5. The molecule has 0 heterocycles. The van der Waals surface area contributed by atoms with Crippen molar-refractivity contribution in [1.29, 1.82) is 0 Å². The van der Waals surface area contributed by atoms with Crippen molar-refractivity contribution in [2.45, 2.75) is 235 Å². The van der Waals surface area contributed by atoms with Gasteiger partial charge in [-0.2, -0.15) is 0 Å². The van der Waals surface area contributed by atoms with E-state index in [2.05, 4.69) is 178 Å². The number of hydrogen-bond donors (Lipinski definition) is 0. The molecule has 0 fully saturated rings. The Morgan fingerprint density at radius 2 is 0.474 bits per heavy atom. The zero-order valence-electron chi connectivity index (χ0n) is 42.1. The molecule has 0 amide bonds. The fraction of sp³-hybridized carbons (Fsp3) is 0.786. The normalized spacial score (nSPS) is 23.9. The summed E-state index contributed by atoms with van der Waals surface area (Å²) in [4.78, 5) is 0. The van der Waals surface area contributed by atoms with Crippen LogP contribution >= 0.6 is 0 Å². The molecule has 4 aliphatic carbocycles. The van der Waals surface area contributed by atoms with Gasteiger partial charge in [-0.1, -0.05) is 0 Å². The summed E-state index contributed by atoms with van der Waals surface area (Å²) in [6.07, 6.45) is 5.05. The minimum absolute atomic E-state index is 0.140. The summed E-state index contributed by atoms with van der Waals surface area (Å²) in [5.74, 6) is 4.59. The number of hydrogen-bond acceptors (Lipinski definition) is 0. The summed E-state index contributed by atoms with van der Waals surface area (Å²) >= 11 is -0.832. The molecule has 0 N–H and O–H groups in total. The molecule has 0 saturated carbocycles. The van der Waals surface area contributed by atoms with Crippen LogP contribution in [0.25, 0.3) is 0 Å². The van der Waals surface area contributed by atoms with E-state index in [4.69, 9.17) is 0 Å².